The van der Waals surface area contributed by atoms with Gasteiger partial charge in [0.1, 0.15) is 5.76 Å². The average molecular weight is 234 g/mol. The van der Waals surface area contributed by atoms with Crippen molar-refractivity contribution < 1.29 is 9.53 Å². The van der Waals surface area contributed by atoms with Gasteiger partial charge in [-0.3, -0.25) is 0 Å². The zero-order valence-electron chi connectivity index (χ0n) is 10.8. The van der Waals surface area contributed by atoms with E-state index in [1.165, 1.54) is 37.7 Å². The van der Waals surface area contributed by atoms with Crippen LogP contribution in [0.4, 0.5) is 0 Å². The molecule has 0 atom stereocenters. The summed E-state index contributed by atoms with van der Waals surface area (Å²) in [7, 11) is 0. The van der Waals surface area contributed by atoms with Gasteiger partial charge in [-0.25, -0.2) is 4.79 Å². The highest BCUT2D eigenvalue weighted by atomic mass is 16.5. The quantitative estimate of drug-likeness (QED) is 0.538. The van der Waals surface area contributed by atoms with Gasteiger partial charge in [-0.2, -0.15) is 0 Å². The fourth-order valence-electron chi connectivity index (χ4n) is 2.58. The van der Waals surface area contributed by atoms with Gasteiger partial charge in [-0.15, -0.1) is 0 Å². The normalized spacial score (nSPS) is 23.4. The minimum atomic E-state index is -0.0790. The van der Waals surface area contributed by atoms with Gasteiger partial charge in [0.25, 0.3) is 0 Å². The molecule has 0 unspecified atom stereocenters. The lowest BCUT2D eigenvalue weighted by atomic mass is 9.93. The number of unbranched alkanes of at least 4 members (excludes halogenated alkanes) is 2. The zero-order valence-corrected chi connectivity index (χ0v) is 10.8. The van der Waals surface area contributed by atoms with E-state index in [2.05, 4.69) is 13.0 Å². The summed E-state index contributed by atoms with van der Waals surface area (Å²) in [5.41, 5.74) is 2.18. The van der Waals surface area contributed by atoms with Gasteiger partial charge < -0.3 is 4.74 Å². The molecule has 0 aromatic heterocycles. The Morgan fingerprint density at radius 1 is 1.12 bits per heavy atom. The number of hydrogen-bond donors (Lipinski definition) is 0. The van der Waals surface area contributed by atoms with Crippen molar-refractivity contribution in [1.82, 2.24) is 0 Å². The molecule has 2 aliphatic rings. The predicted molar refractivity (Wildman–Crippen MR) is 68.4 cm³/mol. The first-order valence-corrected chi connectivity index (χ1v) is 6.97. The zero-order chi connectivity index (χ0) is 12.1. The summed E-state index contributed by atoms with van der Waals surface area (Å²) in [5.74, 6) is 0.796. The van der Waals surface area contributed by atoms with Gasteiger partial charge in [-0.1, -0.05) is 26.2 Å². The molecule has 2 heteroatoms. The molecule has 2 nitrogen and oxygen atoms in total. The summed E-state index contributed by atoms with van der Waals surface area (Å²) in [6, 6.07) is 0. The topological polar surface area (TPSA) is 26.3 Å². The van der Waals surface area contributed by atoms with Crippen molar-refractivity contribution in [2.45, 2.75) is 64.7 Å². The number of carbonyl (C=O) groups is 1. The standard InChI is InChI=1S/C15H22O2/c1-2-3-6-11-14-12-9-7-4-5-8-10-13(12)15(16)17-14/h11H,2-10H2,1H3/b14-11-. The molecule has 0 radical (unpaired) electrons. The van der Waals surface area contributed by atoms with Crippen LogP contribution in [0, 0.1) is 0 Å². The fourth-order valence-corrected chi connectivity index (χ4v) is 2.58. The Morgan fingerprint density at radius 3 is 2.53 bits per heavy atom. The van der Waals surface area contributed by atoms with Gasteiger partial charge in [0.2, 0.25) is 0 Å². The highest BCUT2D eigenvalue weighted by Gasteiger charge is 2.29. The van der Waals surface area contributed by atoms with E-state index in [4.69, 9.17) is 4.74 Å². The maximum atomic E-state index is 11.8. The van der Waals surface area contributed by atoms with E-state index < -0.39 is 0 Å². The van der Waals surface area contributed by atoms with Crippen molar-refractivity contribution in [1.29, 1.82) is 0 Å². The number of ether oxygens (including phenoxy) is 1. The Labute approximate surface area is 104 Å². The Hall–Kier alpha value is -1.05. The third-order valence-electron chi connectivity index (χ3n) is 3.60. The molecule has 0 aromatic rings. The summed E-state index contributed by atoms with van der Waals surface area (Å²) in [6.45, 7) is 2.18. The van der Waals surface area contributed by atoms with Crippen molar-refractivity contribution in [3.05, 3.63) is 23.0 Å². The number of rotatable bonds is 3. The molecule has 0 fully saturated rings. The molecular formula is C15H22O2. The van der Waals surface area contributed by atoms with Gasteiger partial charge in [0.15, 0.2) is 0 Å². The van der Waals surface area contributed by atoms with E-state index in [1.807, 2.05) is 0 Å². The summed E-state index contributed by atoms with van der Waals surface area (Å²) in [4.78, 5) is 11.8. The molecule has 0 N–H and O–H groups in total. The molecule has 0 saturated carbocycles. The van der Waals surface area contributed by atoms with Crippen LogP contribution in [0.1, 0.15) is 64.7 Å². The Morgan fingerprint density at radius 2 is 1.82 bits per heavy atom. The first-order chi connectivity index (χ1) is 8.33. The fraction of sp³-hybridized carbons (Fsp3) is 0.667. The smallest absolute Gasteiger partial charge is 0.339 e. The second-order valence-electron chi connectivity index (χ2n) is 4.97. The van der Waals surface area contributed by atoms with Gasteiger partial charge in [0.05, 0.1) is 0 Å². The molecule has 0 saturated heterocycles. The molecule has 0 aromatic carbocycles. The van der Waals surface area contributed by atoms with Crippen LogP contribution in [-0.2, 0) is 9.53 Å². The molecule has 1 aliphatic carbocycles. The van der Waals surface area contributed by atoms with Crippen molar-refractivity contribution in [2.75, 3.05) is 0 Å². The van der Waals surface area contributed by atoms with E-state index in [1.54, 1.807) is 0 Å². The third-order valence-corrected chi connectivity index (χ3v) is 3.60. The van der Waals surface area contributed by atoms with Crippen molar-refractivity contribution >= 4 is 5.97 Å². The molecule has 0 spiro atoms. The van der Waals surface area contributed by atoms with Gasteiger partial charge in [-0.05, 0) is 44.6 Å². The monoisotopic (exact) mass is 234 g/mol. The van der Waals surface area contributed by atoms with Crippen LogP contribution < -0.4 is 0 Å². The number of esters is 1. The molecule has 2 rings (SSSR count). The van der Waals surface area contributed by atoms with E-state index in [0.717, 1.165) is 37.0 Å². The van der Waals surface area contributed by atoms with Crippen molar-refractivity contribution in [2.24, 2.45) is 0 Å². The molecule has 0 amide bonds. The Balaban J connectivity index is 2.13. The van der Waals surface area contributed by atoms with E-state index in [9.17, 15) is 4.79 Å². The van der Waals surface area contributed by atoms with Crippen LogP contribution in [-0.4, -0.2) is 5.97 Å². The van der Waals surface area contributed by atoms with Gasteiger partial charge >= 0.3 is 5.97 Å². The van der Waals surface area contributed by atoms with Gasteiger partial charge in [0, 0.05) is 11.1 Å². The summed E-state index contributed by atoms with van der Waals surface area (Å²) in [6.07, 6.45) is 12.3. The number of cyclic esters (lactones) is 1. The van der Waals surface area contributed by atoms with E-state index >= 15 is 0 Å². The molecule has 1 heterocycles. The first kappa shape index (κ1) is 12.4. The van der Waals surface area contributed by atoms with Crippen molar-refractivity contribution in [3.63, 3.8) is 0 Å². The molecule has 0 bridgehead atoms. The lowest BCUT2D eigenvalue weighted by Crippen LogP contribution is -2.00. The minimum Gasteiger partial charge on any atom is -0.423 e. The number of hydrogen-bond acceptors (Lipinski definition) is 2. The van der Waals surface area contributed by atoms with Crippen LogP contribution in [0.2, 0.25) is 0 Å². The highest BCUT2D eigenvalue weighted by Crippen LogP contribution is 2.35. The first-order valence-electron chi connectivity index (χ1n) is 6.97. The molecule has 17 heavy (non-hydrogen) atoms. The summed E-state index contributed by atoms with van der Waals surface area (Å²) >= 11 is 0. The van der Waals surface area contributed by atoms with Crippen LogP contribution in [0.5, 0.6) is 0 Å². The Kier molecular flexibility index (Phi) is 4.41. The van der Waals surface area contributed by atoms with Crippen LogP contribution in [0.15, 0.2) is 23.0 Å². The molecule has 94 valence electrons. The SMILES string of the molecule is CCCC/C=C1\OC(=O)C2=C1CCCCCC2. The number of carbonyl (C=O) groups excluding carboxylic acids is 1. The maximum absolute atomic E-state index is 11.8. The lowest BCUT2D eigenvalue weighted by Gasteiger charge is -2.09. The maximum Gasteiger partial charge on any atom is 0.339 e. The average Bonchev–Trinajstić information content (AvgIpc) is 2.54. The number of allylic oxidation sites excluding steroid dienone is 2. The molecular weight excluding hydrogens is 212 g/mol. The largest absolute Gasteiger partial charge is 0.423 e. The predicted octanol–water partition coefficient (Wildman–Crippen LogP) is 4.27. The van der Waals surface area contributed by atoms with Crippen LogP contribution in [0.25, 0.3) is 0 Å². The minimum absolute atomic E-state index is 0.0790. The highest BCUT2D eigenvalue weighted by molar-refractivity contribution is 5.94. The van der Waals surface area contributed by atoms with Crippen molar-refractivity contribution in [3.8, 4) is 0 Å². The summed E-state index contributed by atoms with van der Waals surface area (Å²) in [5, 5.41) is 0. The van der Waals surface area contributed by atoms with Crippen LogP contribution in [0.3, 0.4) is 0 Å². The Bertz CT molecular complexity index is 350. The van der Waals surface area contributed by atoms with Crippen LogP contribution >= 0.6 is 0 Å². The summed E-state index contributed by atoms with van der Waals surface area (Å²) < 4.78 is 5.41. The second kappa shape index (κ2) is 6.04. The van der Waals surface area contributed by atoms with E-state index in [0.29, 0.717) is 0 Å². The second-order valence-corrected chi connectivity index (χ2v) is 4.97. The lowest BCUT2D eigenvalue weighted by molar-refractivity contribution is -0.133. The molecule has 1 aliphatic heterocycles. The van der Waals surface area contributed by atoms with E-state index in [-0.39, 0.29) is 5.97 Å². The third kappa shape index (κ3) is 2.99.